The highest BCUT2D eigenvalue weighted by molar-refractivity contribution is 5.73. The van der Waals surface area contributed by atoms with Gasteiger partial charge in [0.15, 0.2) is 0 Å². The number of hydrogen-bond acceptors (Lipinski definition) is 4. The predicted molar refractivity (Wildman–Crippen MR) is 74.8 cm³/mol. The molecule has 0 atom stereocenters. The first-order valence-electron chi connectivity index (χ1n) is 6.59. The smallest absolute Gasteiger partial charge is 0.441 e. The van der Waals surface area contributed by atoms with Crippen molar-refractivity contribution < 1.29 is 19.2 Å². The molecule has 1 aromatic rings. The highest BCUT2D eigenvalue weighted by Gasteiger charge is 2.17. The van der Waals surface area contributed by atoms with Gasteiger partial charge in [-0.3, -0.25) is 0 Å². The number of carbonyl (C=O) groups is 2. The highest BCUT2D eigenvalue weighted by atomic mass is 16.7. The molecule has 110 valence electrons. The summed E-state index contributed by atoms with van der Waals surface area (Å²) in [6.07, 6.45) is 0.931. The molecule has 0 aliphatic heterocycles. The molecule has 20 heavy (non-hydrogen) atoms. The van der Waals surface area contributed by atoms with Crippen LogP contribution in [0.25, 0.3) is 0 Å². The van der Waals surface area contributed by atoms with Crippen LogP contribution in [0.4, 0.5) is 4.79 Å². The lowest BCUT2D eigenvalue weighted by atomic mass is 10.1. The summed E-state index contributed by atoms with van der Waals surface area (Å²) in [7, 11) is 0. The minimum absolute atomic E-state index is 0.241. The Bertz CT molecular complexity index is 437. The van der Waals surface area contributed by atoms with Gasteiger partial charge in [0.1, 0.15) is 5.60 Å². The minimum Gasteiger partial charge on any atom is -0.442 e. The normalized spacial score (nSPS) is 10.8. The number of benzene rings is 1. The maximum Gasteiger partial charge on any atom is 0.441 e. The number of nitrogens with one attached hydrogen (secondary N) is 1. The second-order valence-electron chi connectivity index (χ2n) is 5.42. The third kappa shape index (κ3) is 7.41. The van der Waals surface area contributed by atoms with Crippen LogP contribution in [0, 0.1) is 0 Å². The molecule has 0 bridgehead atoms. The van der Waals surface area contributed by atoms with E-state index in [1.54, 1.807) is 20.8 Å². The van der Waals surface area contributed by atoms with E-state index in [9.17, 15) is 9.59 Å². The van der Waals surface area contributed by atoms with Gasteiger partial charge in [0.25, 0.3) is 0 Å². The maximum atomic E-state index is 11.4. The van der Waals surface area contributed by atoms with E-state index in [0.29, 0.717) is 6.42 Å². The monoisotopic (exact) mass is 279 g/mol. The number of aryl methyl sites for hydroxylation is 1. The molecule has 0 spiro atoms. The predicted octanol–water partition coefficient (Wildman–Crippen LogP) is 2.99. The van der Waals surface area contributed by atoms with E-state index >= 15 is 0 Å². The summed E-state index contributed by atoms with van der Waals surface area (Å²) in [5.74, 6) is -0.480. The zero-order valence-corrected chi connectivity index (χ0v) is 12.1. The van der Waals surface area contributed by atoms with Crippen LogP contribution in [-0.2, 0) is 20.8 Å². The number of ether oxygens (including phenoxy) is 1. The molecule has 1 aromatic carbocycles. The Hall–Kier alpha value is -2.04. The van der Waals surface area contributed by atoms with Crippen LogP contribution < -0.4 is 5.48 Å². The standard InChI is InChI=1S/C15H21NO4/c1-15(2,3)19-14(18)16-20-13(17)11-7-10-12-8-5-4-6-9-12/h4-6,8-9H,7,10-11H2,1-3H3,(H,16,18). The lowest BCUT2D eigenvalue weighted by molar-refractivity contribution is -0.150. The lowest BCUT2D eigenvalue weighted by Gasteiger charge is -2.19. The van der Waals surface area contributed by atoms with Gasteiger partial charge >= 0.3 is 12.1 Å². The first kappa shape index (κ1) is 16.0. The third-order valence-corrected chi connectivity index (χ3v) is 2.34. The van der Waals surface area contributed by atoms with Crippen molar-refractivity contribution in [3.8, 4) is 0 Å². The molecular weight excluding hydrogens is 258 g/mol. The average Bonchev–Trinajstić information content (AvgIpc) is 2.36. The lowest BCUT2D eigenvalue weighted by Crippen LogP contribution is -2.34. The van der Waals surface area contributed by atoms with Crippen molar-refractivity contribution in [2.45, 2.75) is 45.6 Å². The SMILES string of the molecule is CC(C)(C)OC(=O)NOC(=O)CCCc1ccccc1. The van der Waals surface area contributed by atoms with Crippen molar-refractivity contribution in [3.05, 3.63) is 35.9 Å². The van der Waals surface area contributed by atoms with E-state index in [1.165, 1.54) is 5.56 Å². The van der Waals surface area contributed by atoms with E-state index in [2.05, 4.69) is 4.84 Å². The van der Waals surface area contributed by atoms with Crippen molar-refractivity contribution in [1.82, 2.24) is 5.48 Å². The maximum absolute atomic E-state index is 11.4. The molecule has 0 saturated heterocycles. The molecule has 5 heteroatoms. The summed E-state index contributed by atoms with van der Waals surface area (Å²) in [5.41, 5.74) is 2.52. The van der Waals surface area contributed by atoms with Crippen LogP contribution in [0.15, 0.2) is 30.3 Å². The van der Waals surface area contributed by atoms with Gasteiger partial charge in [0, 0.05) is 6.42 Å². The summed E-state index contributed by atoms with van der Waals surface area (Å²) in [5, 5.41) is 0. The van der Waals surface area contributed by atoms with Crippen molar-refractivity contribution in [2.75, 3.05) is 0 Å². The molecule has 0 saturated carbocycles. The van der Waals surface area contributed by atoms with Gasteiger partial charge < -0.3 is 9.57 Å². The molecule has 0 aromatic heterocycles. The van der Waals surface area contributed by atoms with Crippen LogP contribution in [0.2, 0.25) is 0 Å². The summed E-state index contributed by atoms with van der Waals surface area (Å²) in [6.45, 7) is 5.19. The van der Waals surface area contributed by atoms with Gasteiger partial charge in [-0.05, 0) is 39.2 Å². The van der Waals surface area contributed by atoms with Crippen molar-refractivity contribution in [3.63, 3.8) is 0 Å². The molecule has 0 aliphatic rings. The first-order valence-corrected chi connectivity index (χ1v) is 6.59. The van der Waals surface area contributed by atoms with Gasteiger partial charge in [-0.1, -0.05) is 30.3 Å². The summed E-state index contributed by atoms with van der Waals surface area (Å²) < 4.78 is 4.93. The van der Waals surface area contributed by atoms with Crippen LogP contribution >= 0.6 is 0 Å². The van der Waals surface area contributed by atoms with Gasteiger partial charge in [-0.2, -0.15) is 0 Å². The molecule has 1 amide bonds. The fraction of sp³-hybridized carbons (Fsp3) is 0.467. The number of rotatable bonds is 4. The molecule has 1 rings (SSSR count). The van der Waals surface area contributed by atoms with Gasteiger partial charge in [-0.25, -0.2) is 9.59 Å². The number of hydrogen-bond donors (Lipinski definition) is 1. The summed E-state index contributed by atoms with van der Waals surface area (Å²) in [6, 6.07) is 9.87. The Balaban J connectivity index is 2.16. The average molecular weight is 279 g/mol. The van der Waals surface area contributed by atoms with E-state index in [-0.39, 0.29) is 6.42 Å². The Morgan fingerprint density at radius 3 is 2.40 bits per heavy atom. The molecule has 5 nitrogen and oxygen atoms in total. The second-order valence-corrected chi connectivity index (χ2v) is 5.42. The minimum atomic E-state index is -0.770. The number of hydroxylamine groups is 1. The molecular formula is C15H21NO4. The van der Waals surface area contributed by atoms with Gasteiger partial charge in [0.2, 0.25) is 0 Å². The zero-order valence-electron chi connectivity index (χ0n) is 12.1. The third-order valence-electron chi connectivity index (χ3n) is 2.34. The number of carbonyl (C=O) groups excluding carboxylic acids is 2. The molecule has 0 radical (unpaired) electrons. The van der Waals surface area contributed by atoms with Crippen molar-refractivity contribution in [1.29, 1.82) is 0 Å². The summed E-state index contributed by atoms with van der Waals surface area (Å²) >= 11 is 0. The Kier molecular flexibility index (Phi) is 6.03. The topological polar surface area (TPSA) is 64.6 Å². The molecule has 0 unspecified atom stereocenters. The Morgan fingerprint density at radius 2 is 1.80 bits per heavy atom. The Morgan fingerprint density at radius 1 is 1.15 bits per heavy atom. The van der Waals surface area contributed by atoms with Crippen molar-refractivity contribution in [2.24, 2.45) is 0 Å². The highest BCUT2D eigenvalue weighted by Crippen LogP contribution is 2.07. The zero-order chi connectivity index (χ0) is 15.0. The van der Waals surface area contributed by atoms with Crippen LogP contribution in [0.1, 0.15) is 39.2 Å². The van der Waals surface area contributed by atoms with E-state index in [0.717, 1.165) is 6.42 Å². The van der Waals surface area contributed by atoms with Crippen molar-refractivity contribution >= 4 is 12.1 Å². The van der Waals surface area contributed by atoms with E-state index in [1.807, 2.05) is 35.8 Å². The van der Waals surface area contributed by atoms with Crippen LogP contribution in [-0.4, -0.2) is 17.7 Å². The molecule has 0 heterocycles. The fourth-order valence-corrected chi connectivity index (χ4v) is 1.53. The fourth-order valence-electron chi connectivity index (χ4n) is 1.53. The van der Waals surface area contributed by atoms with Gasteiger partial charge in [-0.15, -0.1) is 5.48 Å². The number of amides is 1. The quantitative estimate of drug-likeness (QED) is 0.860. The summed E-state index contributed by atoms with van der Waals surface area (Å²) in [4.78, 5) is 27.3. The second kappa shape index (κ2) is 7.53. The van der Waals surface area contributed by atoms with Gasteiger partial charge in [0.05, 0.1) is 0 Å². The molecule has 0 fully saturated rings. The van der Waals surface area contributed by atoms with Crippen LogP contribution in [0.5, 0.6) is 0 Å². The molecule has 1 N–H and O–H groups in total. The van der Waals surface area contributed by atoms with Crippen LogP contribution in [0.3, 0.4) is 0 Å². The molecule has 0 aliphatic carbocycles. The first-order chi connectivity index (χ1) is 9.37. The van der Waals surface area contributed by atoms with E-state index < -0.39 is 17.7 Å². The largest absolute Gasteiger partial charge is 0.442 e. The van der Waals surface area contributed by atoms with E-state index in [4.69, 9.17) is 4.74 Å². The Labute approximate surface area is 119 Å².